The molecule has 4 nitrogen and oxygen atoms in total. The summed E-state index contributed by atoms with van der Waals surface area (Å²) in [5.74, 6) is 0. The van der Waals surface area contributed by atoms with Crippen LogP contribution in [0.15, 0.2) is 30.7 Å². The highest BCUT2D eigenvalue weighted by Crippen LogP contribution is 2.29. The van der Waals surface area contributed by atoms with Gasteiger partial charge in [0.05, 0.1) is 6.20 Å². The summed E-state index contributed by atoms with van der Waals surface area (Å²) in [6.07, 6.45) is 9.07. The molecule has 0 unspecified atom stereocenters. The number of aryl methyl sites for hydroxylation is 3. The molecule has 4 heteroatoms. The molecule has 3 rings (SSSR count). The maximum absolute atomic E-state index is 4.83. The summed E-state index contributed by atoms with van der Waals surface area (Å²) in [7, 11) is 0. The molecule has 0 aliphatic carbocycles. The van der Waals surface area contributed by atoms with Crippen LogP contribution in [0.25, 0.3) is 22.2 Å². The van der Waals surface area contributed by atoms with E-state index >= 15 is 0 Å². The summed E-state index contributed by atoms with van der Waals surface area (Å²) in [6.45, 7) is 7.21. The molecule has 114 valence electrons. The lowest BCUT2D eigenvalue weighted by Gasteiger charge is -2.08. The zero-order valence-corrected chi connectivity index (χ0v) is 13.5. The van der Waals surface area contributed by atoms with Crippen LogP contribution >= 0.6 is 0 Å². The summed E-state index contributed by atoms with van der Waals surface area (Å²) >= 11 is 0. The minimum Gasteiger partial charge on any atom is -0.264 e. The van der Waals surface area contributed by atoms with Gasteiger partial charge in [-0.25, -0.2) is 9.67 Å². The Morgan fingerprint density at radius 3 is 2.68 bits per heavy atom. The number of nitrogens with zero attached hydrogens (tertiary/aromatic N) is 4. The van der Waals surface area contributed by atoms with E-state index < -0.39 is 0 Å². The Labute approximate surface area is 131 Å². The number of unbranched alkanes of at least 4 members (excludes halogenated alkanes) is 1. The monoisotopic (exact) mass is 294 g/mol. The molecule has 0 fully saturated rings. The molecule has 3 aromatic heterocycles. The summed E-state index contributed by atoms with van der Waals surface area (Å²) in [6, 6.07) is 4.38. The SMILES string of the molecule is CCCCc1cc(-c2cncc(C)c2)c2cnn(CC)c2n1. The molecule has 0 aliphatic heterocycles. The van der Waals surface area contributed by atoms with Crippen molar-refractivity contribution in [1.82, 2.24) is 19.7 Å². The van der Waals surface area contributed by atoms with Gasteiger partial charge in [-0.2, -0.15) is 5.10 Å². The first kappa shape index (κ1) is 14.7. The van der Waals surface area contributed by atoms with Crippen LogP contribution in [0, 0.1) is 6.92 Å². The zero-order valence-electron chi connectivity index (χ0n) is 13.5. The molecule has 3 heterocycles. The molecular weight excluding hydrogens is 272 g/mol. The fraction of sp³-hybridized carbons (Fsp3) is 0.389. The van der Waals surface area contributed by atoms with E-state index in [1.165, 1.54) is 17.5 Å². The zero-order chi connectivity index (χ0) is 15.5. The average Bonchev–Trinajstić information content (AvgIpc) is 2.95. The number of aromatic nitrogens is 4. The first-order valence-electron chi connectivity index (χ1n) is 8.00. The lowest BCUT2D eigenvalue weighted by atomic mass is 10.0. The summed E-state index contributed by atoms with van der Waals surface area (Å²) in [4.78, 5) is 9.17. The Balaban J connectivity index is 2.20. The minimum atomic E-state index is 0.833. The Kier molecular flexibility index (Phi) is 4.18. The largest absolute Gasteiger partial charge is 0.264 e. The van der Waals surface area contributed by atoms with Gasteiger partial charge in [-0.1, -0.05) is 13.3 Å². The number of hydrogen-bond donors (Lipinski definition) is 0. The number of pyridine rings is 2. The highest BCUT2D eigenvalue weighted by atomic mass is 15.3. The molecule has 0 aliphatic rings. The van der Waals surface area contributed by atoms with Crippen molar-refractivity contribution >= 4 is 11.0 Å². The number of fused-ring (bicyclic) bond motifs is 1. The molecular formula is C18H22N4. The minimum absolute atomic E-state index is 0.833. The molecule has 0 saturated heterocycles. The highest BCUT2D eigenvalue weighted by Gasteiger charge is 2.12. The van der Waals surface area contributed by atoms with Crippen LogP contribution in [-0.4, -0.2) is 19.7 Å². The standard InChI is InChI=1S/C18H22N4/c1-4-6-7-15-9-16(14-8-13(3)10-19-11-14)17-12-20-22(5-2)18(17)21-15/h8-12H,4-7H2,1-3H3. The van der Waals surface area contributed by atoms with Gasteiger partial charge in [0.2, 0.25) is 0 Å². The second kappa shape index (κ2) is 6.26. The van der Waals surface area contributed by atoms with E-state index in [4.69, 9.17) is 4.98 Å². The van der Waals surface area contributed by atoms with E-state index in [1.807, 2.05) is 23.3 Å². The Hall–Kier alpha value is -2.23. The predicted octanol–water partition coefficient (Wildman–Crippen LogP) is 4.16. The topological polar surface area (TPSA) is 43.6 Å². The molecule has 0 atom stereocenters. The van der Waals surface area contributed by atoms with Crippen LogP contribution in [0.4, 0.5) is 0 Å². The van der Waals surface area contributed by atoms with Crippen molar-refractivity contribution in [2.45, 2.75) is 46.6 Å². The van der Waals surface area contributed by atoms with Crippen LogP contribution in [0.2, 0.25) is 0 Å². The third-order valence-electron chi connectivity index (χ3n) is 3.93. The Morgan fingerprint density at radius 2 is 1.95 bits per heavy atom. The average molecular weight is 294 g/mol. The molecule has 0 radical (unpaired) electrons. The maximum Gasteiger partial charge on any atom is 0.158 e. The maximum atomic E-state index is 4.83. The van der Waals surface area contributed by atoms with Gasteiger partial charge in [-0.3, -0.25) is 4.98 Å². The molecule has 22 heavy (non-hydrogen) atoms. The van der Waals surface area contributed by atoms with E-state index in [-0.39, 0.29) is 0 Å². The van der Waals surface area contributed by atoms with Crippen LogP contribution < -0.4 is 0 Å². The Morgan fingerprint density at radius 1 is 1.09 bits per heavy atom. The van der Waals surface area contributed by atoms with Gasteiger partial charge in [0, 0.05) is 35.6 Å². The summed E-state index contributed by atoms with van der Waals surface area (Å²) < 4.78 is 1.97. The molecule has 0 aromatic carbocycles. The fourth-order valence-electron chi connectivity index (χ4n) is 2.76. The number of rotatable bonds is 5. The van der Waals surface area contributed by atoms with Gasteiger partial charge >= 0.3 is 0 Å². The van der Waals surface area contributed by atoms with Crippen molar-refractivity contribution in [2.24, 2.45) is 0 Å². The van der Waals surface area contributed by atoms with Gasteiger partial charge in [0.25, 0.3) is 0 Å². The van der Waals surface area contributed by atoms with Crippen molar-refractivity contribution in [3.8, 4) is 11.1 Å². The highest BCUT2D eigenvalue weighted by molar-refractivity contribution is 5.92. The molecule has 0 spiro atoms. The van der Waals surface area contributed by atoms with Gasteiger partial charge in [-0.15, -0.1) is 0 Å². The van der Waals surface area contributed by atoms with Crippen molar-refractivity contribution in [1.29, 1.82) is 0 Å². The van der Waals surface area contributed by atoms with E-state index in [1.54, 1.807) is 0 Å². The third kappa shape index (κ3) is 2.73. The normalized spacial score (nSPS) is 11.2. The molecule has 0 amide bonds. The van der Waals surface area contributed by atoms with Gasteiger partial charge < -0.3 is 0 Å². The van der Waals surface area contributed by atoms with Crippen LogP contribution in [0.1, 0.15) is 37.9 Å². The van der Waals surface area contributed by atoms with Crippen molar-refractivity contribution in [3.63, 3.8) is 0 Å². The lowest BCUT2D eigenvalue weighted by molar-refractivity contribution is 0.673. The molecule has 3 aromatic rings. The van der Waals surface area contributed by atoms with Crippen molar-refractivity contribution in [2.75, 3.05) is 0 Å². The molecule has 0 N–H and O–H groups in total. The summed E-state index contributed by atoms with van der Waals surface area (Å²) in [5, 5.41) is 5.58. The summed E-state index contributed by atoms with van der Waals surface area (Å²) in [5.41, 5.74) is 5.61. The number of hydrogen-bond acceptors (Lipinski definition) is 3. The van der Waals surface area contributed by atoms with Crippen LogP contribution in [0.5, 0.6) is 0 Å². The van der Waals surface area contributed by atoms with E-state index in [9.17, 15) is 0 Å². The van der Waals surface area contributed by atoms with Crippen molar-refractivity contribution in [3.05, 3.63) is 42.0 Å². The van der Waals surface area contributed by atoms with Crippen molar-refractivity contribution < 1.29 is 0 Å². The quantitative estimate of drug-likeness (QED) is 0.709. The van der Waals surface area contributed by atoms with E-state index in [0.29, 0.717) is 0 Å². The second-order valence-corrected chi connectivity index (χ2v) is 5.71. The van der Waals surface area contributed by atoms with Gasteiger partial charge in [0.1, 0.15) is 0 Å². The lowest BCUT2D eigenvalue weighted by Crippen LogP contribution is -2.00. The van der Waals surface area contributed by atoms with E-state index in [2.05, 4.69) is 43.0 Å². The Bertz CT molecular complexity index is 789. The molecule has 0 saturated carbocycles. The van der Waals surface area contributed by atoms with E-state index in [0.717, 1.165) is 41.7 Å². The predicted molar refractivity (Wildman–Crippen MR) is 89.8 cm³/mol. The third-order valence-corrected chi connectivity index (χ3v) is 3.93. The fourth-order valence-corrected chi connectivity index (χ4v) is 2.76. The first-order valence-corrected chi connectivity index (χ1v) is 8.00. The smallest absolute Gasteiger partial charge is 0.158 e. The van der Waals surface area contributed by atoms with Crippen LogP contribution in [0.3, 0.4) is 0 Å². The van der Waals surface area contributed by atoms with Gasteiger partial charge in [0.15, 0.2) is 5.65 Å². The molecule has 0 bridgehead atoms. The second-order valence-electron chi connectivity index (χ2n) is 5.71. The first-order chi connectivity index (χ1) is 10.7. The van der Waals surface area contributed by atoms with Crippen LogP contribution in [-0.2, 0) is 13.0 Å². The van der Waals surface area contributed by atoms with Gasteiger partial charge in [-0.05, 0) is 49.9 Å².